The number of guanidine groups is 1. The molecule has 0 radical (unpaired) electrons. The Morgan fingerprint density at radius 1 is 1.17 bits per heavy atom. The van der Waals surface area contributed by atoms with Crippen LogP contribution < -0.4 is 5.73 Å². The summed E-state index contributed by atoms with van der Waals surface area (Å²) in [5.41, 5.74) is 6.14. The Labute approximate surface area is 112 Å². The maximum Gasteiger partial charge on any atom is 0.191 e. The van der Waals surface area contributed by atoms with Crippen molar-refractivity contribution in [1.29, 1.82) is 0 Å². The molecule has 0 spiro atoms. The SMILES string of the molecule is CC1CCCC(CN=C(N)N2CCCC(C)C2)C1. The summed E-state index contributed by atoms with van der Waals surface area (Å²) in [4.78, 5) is 6.94. The molecule has 1 saturated carbocycles. The molecule has 0 bridgehead atoms. The van der Waals surface area contributed by atoms with E-state index in [4.69, 9.17) is 5.73 Å². The van der Waals surface area contributed by atoms with Crippen LogP contribution in [0.4, 0.5) is 0 Å². The van der Waals surface area contributed by atoms with Crippen LogP contribution in [-0.4, -0.2) is 30.5 Å². The molecule has 0 aromatic carbocycles. The third kappa shape index (κ3) is 3.89. The molecular weight excluding hydrogens is 222 g/mol. The molecule has 0 aromatic heterocycles. The summed E-state index contributed by atoms with van der Waals surface area (Å²) < 4.78 is 0. The quantitative estimate of drug-likeness (QED) is 0.605. The second-order valence-electron chi connectivity index (χ2n) is 6.53. The minimum atomic E-state index is 0.766. The number of nitrogens with zero attached hydrogens (tertiary/aromatic N) is 2. The second kappa shape index (κ2) is 6.44. The summed E-state index contributed by atoms with van der Waals surface area (Å²) in [6.07, 6.45) is 8.06. The average molecular weight is 251 g/mol. The largest absolute Gasteiger partial charge is 0.370 e. The molecule has 1 aliphatic heterocycles. The van der Waals surface area contributed by atoms with Crippen LogP contribution in [0.25, 0.3) is 0 Å². The third-order valence-corrected chi connectivity index (χ3v) is 4.54. The van der Waals surface area contributed by atoms with Crippen LogP contribution in [0, 0.1) is 17.8 Å². The van der Waals surface area contributed by atoms with Gasteiger partial charge in [-0.25, -0.2) is 0 Å². The van der Waals surface area contributed by atoms with Gasteiger partial charge in [-0.1, -0.05) is 26.7 Å². The minimum absolute atomic E-state index is 0.766. The van der Waals surface area contributed by atoms with Crippen LogP contribution in [0.2, 0.25) is 0 Å². The summed E-state index contributed by atoms with van der Waals surface area (Å²) in [7, 11) is 0. The molecule has 2 rings (SSSR count). The Bertz CT molecular complexity index is 287. The van der Waals surface area contributed by atoms with Gasteiger partial charge < -0.3 is 10.6 Å². The molecule has 18 heavy (non-hydrogen) atoms. The van der Waals surface area contributed by atoms with Crippen molar-refractivity contribution in [3.63, 3.8) is 0 Å². The van der Waals surface area contributed by atoms with Crippen LogP contribution in [0.15, 0.2) is 4.99 Å². The number of hydrogen-bond donors (Lipinski definition) is 1. The highest BCUT2D eigenvalue weighted by atomic mass is 15.3. The molecule has 3 nitrogen and oxygen atoms in total. The Hall–Kier alpha value is -0.730. The van der Waals surface area contributed by atoms with Crippen LogP contribution >= 0.6 is 0 Å². The molecular formula is C15H29N3. The maximum atomic E-state index is 6.14. The van der Waals surface area contributed by atoms with Crippen LogP contribution in [-0.2, 0) is 0 Å². The van der Waals surface area contributed by atoms with Crippen LogP contribution in [0.3, 0.4) is 0 Å². The smallest absolute Gasteiger partial charge is 0.191 e. The molecule has 3 atom stereocenters. The molecule has 2 aliphatic rings. The minimum Gasteiger partial charge on any atom is -0.370 e. The maximum absolute atomic E-state index is 6.14. The van der Waals surface area contributed by atoms with Crippen molar-refractivity contribution in [2.24, 2.45) is 28.5 Å². The molecule has 2 fully saturated rings. The van der Waals surface area contributed by atoms with Gasteiger partial charge in [0.25, 0.3) is 0 Å². The van der Waals surface area contributed by atoms with Gasteiger partial charge in [0.1, 0.15) is 0 Å². The third-order valence-electron chi connectivity index (χ3n) is 4.54. The molecule has 0 aromatic rings. The summed E-state index contributed by atoms with van der Waals surface area (Å²) in [6.45, 7) is 7.81. The summed E-state index contributed by atoms with van der Waals surface area (Å²) in [6, 6.07) is 0. The molecule has 1 aliphatic carbocycles. The van der Waals surface area contributed by atoms with Gasteiger partial charge in [-0.3, -0.25) is 4.99 Å². The lowest BCUT2D eigenvalue weighted by Crippen LogP contribution is -2.43. The lowest BCUT2D eigenvalue weighted by atomic mass is 9.82. The van der Waals surface area contributed by atoms with Crippen LogP contribution in [0.1, 0.15) is 52.4 Å². The lowest BCUT2D eigenvalue weighted by Gasteiger charge is -2.32. The van der Waals surface area contributed by atoms with Gasteiger partial charge in [0, 0.05) is 19.6 Å². The van der Waals surface area contributed by atoms with Crippen LogP contribution in [0.5, 0.6) is 0 Å². The topological polar surface area (TPSA) is 41.6 Å². The van der Waals surface area contributed by atoms with E-state index < -0.39 is 0 Å². The Balaban J connectivity index is 1.80. The van der Waals surface area contributed by atoms with E-state index in [0.29, 0.717) is 0 Å². The van der Waals surface area contributed by atoms with Gasteiger partial charge >= 0.3 is 0 Å². The molecule has 3 heteroatoms. The van der Waals surface area contributed by atoms with E-state index in [1.54, 1.807) is 0 Å². The molecule has 0 amide bonds. The zero-order chi connectivity index (χ0) is 13.0. The van der Waals surface area contributed by atoms with E-state index in [1.807, 2.05) is 0 Å². The lowest BCUT2D eigenvalue weighted by molar-refractivity contribution is 0.266. The first-order valence-corrected chi connectivity index (χ1v) is 7.70. The van der Waals surface area contributed by atoms with E-state index >= 15 is 0 Å². The summed E-state index contributed by atoms with van der Waals surface area (Å²) >= 11 is 0. The van der Waals surface area contributed by atoms with Gasteiger partial charge in [-0.05, 0) is 43.4 Å². The number of aliphatic imine (C=N–C) groups is 1. The number of nitrogens with two attached hydrogens (primary N) is 1. The number of hydrogen-bond acceptors (Lipinski definition) is 1. The second-order valence-corrected chi connectivity index (χ2v) is 6.53. The number of rotatable bonds is 2. The Kier molecular flexibility index (Phi) is 4.90. The normalized spacial score (nSPS) is 34.7. The Morgan fingerprint density at radius 3 is 2.67 bits per heavy atom. The molecule has 2 N–H and O–H groups in total. The predicted molar refractivity (Wildman–Crippen MR) is 77.6 cm³/mol. The van der Waals surface area contributed by atoms with Crippen molar-refractivity contribution in [3.8, 4) is 0 Å². The Morgan fingerprint density at radius 2 is 1.94 bits per heavy atom. The van der Waals surface area contributed by atoms with Crippen molar-refractivity contribution >= 4 is 5.96 Å². The molecule has 104 valence electrons. The predicted octanol–water partition coefficient (Wildman–Crippen LogP) is 2.86. The van der Waals surface area contributed by atoms with Crippen molar-refractivity contribution in [1.82, 2.24) is 4.90 Å². The van der Waals surface area contributed by atoms with E-state index in [-0.39, 0.29) is 0 Å². The molecule has 1 saturated heterocycles. The van der Waals surface area contributed by atoms with E-state index in [2.05, 4.69) is 23.7 Å². The zero-order valence-corrected chi connectivity index (χ0v) is 12.1. The van der Waals surface area contributed by atoms with Gasteiger partial charge in [0.2, 0.25) is 0 Å². The van der Waals surface area contributed by atoms with Crippen molar-refractivity contribution in [3.05, 3.63) is 0 Å². The highest BCUT2D eigenvalue weighted by Crippen LogP contribution is 2.28. The van der Waals surface area contributed by atoms with Gasteiger partial charge in [-0.15, -0.1) is 0 Å². The highest BCUT2D eigenvalue weighted by molar-refractivity contribution is 5.78. The van der Waals surface area contributed by atoms with Crippen molar-refractivity contribution in [2.45, 2.75) is 52.4 Å². The van der Waals surface area contributed by atoms with Gasteiger partial charge in [0.15, 0.2) is 5.96 Å². The number of piperidine rings is 1. The van der Waals surface area contributed by atoms with E-state index in [0.717, 1.165) is 43.3 Å². The summed E-state index contributed by atoms with van der Waals surface area (Å²) in [5.74, 6) is 3.21. The van der Waals surface area contributed by atoms with E-state index in [9.17, 15) is 0 Å². The number of likely N-dealkylation sites (tertiary alicyclic amines) is 1. The first-order chi connectivity index (χ1) is 8.65. The van der Waals surface area contributed by atoms with Crippen molar-refractivity contribution < 1.29 is 0 Å². The van der Waals surface area contributed by atoms with Gasteiger partial charge in [-0.2, -0.15) is 0 Å². The highest BCUT2D eigenvalue weighted by Gasteiger charge is 2.20. The van der Waals surface area contributed by atoms with E-state index in [1.165, 1.54) is 38.5 Å². The standard InChI is InChI=1S/C15H29N3/c1-12-5-3-7-14(9-12)10-17-15(16)18-8-4-6-13(2)11-18/h12-14H,3-11H2,1-2H3,(H2,16,17). The first kappa shape index (κ1) is 13.7. The fourth-order valence-electron chi connectivity index (χ4n) is 3.45. The van der Waals surface area contributed by atoms with Gasteiger partial charge in [0.05, 0.1) is 0 Å². The fourth-order valence-corrected chi connectivity index (χ4v) is 3.45. The average Bonchev–Trinajstić information content (AvgIpc) is 2.36. The van der Waals surface area contributed by atoms with Crippen molar-refractivity contribution in [2.75, 3.05) is 19.6 Å². The molecule has 1 heterocycles. The molecule has 3 unspecified atom stereocenters. The zero-order valence-electron chi connectivity index (χ0n) is 12.1. The summed E-state index contributed by atoms with van der Waals surface area (Å²) in [5, 5.41) is 0. The first-order valence-electron chi connectivity index (χ1n) is 7.70. The monoisotopic (exact) mass is 251 g/mol. The fraction of sp³-hybridized carbons (Fsp3) is 0.933.